The first-order valence-corrected chi connectivity index (χ1v) is 9.76. The molecule has 0 amide bonds. The number of methoxy groups -OCH3 is 1. The minimum absolute atomic E-state index is 0.247. The number of ether oxygens (including phenoxy) is 4. The highest BCUT2D eigenvalue weighted by Gasteiger charge is 2.14. The minimum Gasteiger partial charge on any atom is -0.493 e. The molecule has 1 N–H and O–H groups in total. The van der Waals surface area contributed by atoms with Crippen LogP contribution in [-0.4, -0.2) is 13.9 Å². The van der Waals surface area contributed by atoms with E-state index in [1.165, 1.54) is 0 Å². The SMILES string of the molecule is COc1cc(CNc2ccc3c(c2)OCO3)c(Cl)cc1OCc1ccccc1Cl. The lowest BCUT2D eigenvalue weighted by Gasteiger charge is -2.15. The molecule has 1 heterocycles. The second kappa shape index (κ2) is 8.72. The summed E-state index contributed by atoms with van der Waals surface area (Å²) in [4.78, 5) is 0. The zero-order valence-electron chi connectivity index (χ0n) is 15.7. The maximum atomic E-state index is 6.49. The lowest BCUT2D eigenvalue weighted by Crippen LogP contribution is -2.03. The van der Waals surface area contributed by atoms with Crippen LogP contribution in [0, 0.1) is 0 Å². The molecule has 5 nitrogen and oxygen atoms in total. The Bertz CT molecular complexity index is 1030. The highest BCUT2D eigenvalue weighted by Crippen LogP contribution is 2.36. The van der Waals surface area contributed by atoms with E-state index < -0.39 is 0 Å². The van der Waals surface area contributed by atoms with Crippen LogP contribution in [0.15, 0.2) is 54.6 Å². The second-order valence-corrected chi connectivity index (χ2v) is 7.21. The number of rotatable bonds is 7. The van der Waals surface area contributed by atoms with Gasteiger partial charge in [-0.05, 0) is 29.8 Å². The Morgan fingerprint density at radius 2 is 1.72 bits per heavy atom. The van der Waals surface area contributed by atoms with Crippen molar-refractivity contribution in [2.24, 2.45) is 0 Å². The molecular weight excluding hydrogens is 413 g/mol. The smallest absolute Gasteiger partial charge is 0.231 e. The van der Waals surface area contributed by atoms with Crippen LogP contribution in [0.5, 0.6) is 23.0 Å². The van der Waals surface area contributed by atoms with Crippen molar-refractivity contribution in [3.8, 4) is 23.0 Å². The van der Waals surface area contributed by atoms with Gasteiger partial charge < -0.3 is 24.3 Å². The summed E-state index contributed by atoms with van der Waals surface area (Å²) < 4.78 is 22.1. The van der Waals surface area contributed by atoms with Gasteiger partial charge in [-0.1, -0.05) is 41.4 Å². The number of halogens is 2. The molecule has 3 aromatic rings. The Labute approximate surface area is 179 Å². The van der Waals surface area contributed by atoms with E-state index in [2.05, 4.69) is 5.32 Å². The fourth-order valence-electron chi connectivity index (χ4n) is 2.96. The molecular formula is C22H19Cl2NO4. The van der Waals surface area contributed by atoms with Gasteiger partial charge in [0.15, 0.2) is 23.0 Å². The van der Waals surface area contributed by atoms with Crippen molar-refractivity contribution >= 4 is 28.9 Å². The molecule has 0 atom stereocenters. The third-order valence-corrected chi connectivity index (χ3v) is 5.25. The topological polar surface area (TPSA) is 49.0 Å². The van der Waals surface area contributed by atoms with Gasteiger partial charge in [0.05, 0.1) is 7.11 Å². The molecule has 0 spiro atoms. The Kier molecular flexibility index (Phi) is 5.88. The zero-order valence-corrected chi connectivity index (χ0v) is 17.2. The Hall–Kier alpha value is -2.76. The molecule has 0 aliphatic carbocycles. The quantitative estimate of drug-likeness (QED) is 0.502. The predicted octanol–water partition coefficient (Wildman–Crippen LogP) is 5.92. The van der Waals surface area contributed by atoms with E-state index in [0.29, 0.717) is 34.7 Å². The molecule has 7 heteroatoms. The molecule has 0 radical (unpaired) electrons. The molecule has 0 unspecified atom stereocenters. The molecule has 1 aliphatic heterocycles. The molecule has 0 saturated carbocycles. The predicted molar refractivity (Wildman–Crippen MR) is 114 cm³/mol. The lowest BCUT2D eigenvalue weighted by molar-refractivity contribution is 0.174. The summed E-state index contributed by atoms with van der Waals surface area (Å²) in [5.41, 5.74) is 2.68. The molecule has 0 saturated heterocycles. The van der Waals surface area contributed by atoms with E-state index in [1.807, 2.05) is 48.5 Å². The molecule has 4 rings (SSSR count). The van der Waals surface area contributed by atoms with Gasteiger partial charge in [-0.3, -0.25) is 0 Å². The van der Waals surface area contributed by atoms with E-state index in [1.54, 1.807) is 13.2 Å². The van der Waals surface area contributed by atoms with Gasteiger partial charge in [0.1, 0.15) is 6.61 Å². The number of fused-ring (bicyclic) bond motifs is 1. The van der Waals surface area contributed by atoms with Crippen LogP contribution in [0.2, 0.25) is 10.0 Å². The van der Waals surface area contributed by atoms with Crippen molar-refractivity contribution in [1.82, 2.24) is 0 Å². The molecule has 29 heavy (non-hydrogen) atoms. The monoisotopic (exact) mass is 431 g/mol. The molecule has 150 valence electrons. The average molecular weight is 432 g/mol. The first-order chi connectivity index (χ1) is 14.1. The standard InChI is InChI=1S/C22H19Cl2NO4/c1-26-20-8-15(11-25-16-6-7-19-21(9-16)29-13-28-19)18(24)10-22(20)27-12-14-4-2-3-5-17(14)23/h2-10,25H,11-13H2,1H3. The van der Waals surface area contributed by atoms with Gasteiger partial charge >= 0.3 is 0 Å². The third kappa shape index (κ3) is 4.47. The average Bonchev–Trinajstić information content (AvgIpc) is 3.20. The summed E-state index contributed by atoms with van der Waals surface area (Å²) in [6.07, 6.45) is 0. The van der Waals surface area contributed by atoms with E-state index in [-0.39, 0.29) is 6.79 Å². The minimum atomic E-state index is 0.247. The van der Waals surface area contributed by atoms with Crippen molar-refractivity contribution < 1.29 is 18.9 Å². The number of nitrogens with one attached hydrogen (secondary N) is 1. The number of anilines is 1. The third-order valence-electron chi connectivity index (χ3n) is 4.53. The maximum Gasteiger partial charge on any atom is 0.231 e. The van der Waals surface area contributed by atoms with Crippen molar-refractivity contribution in [1.29, 1.82) is 0 Å². The normalized spacial score (nSPS) is 12.0. The van der Waals surface area contributed by atoms with Crippen LogP contribution in [0.25, 0.3) is 0 Å². The fraction of sp³-hybridized carbons (Fsp3) is 0.182. The van der Waals surface area contributed by atoms with Crippen LogP contribution in [0.4, 0.5) is 5.69 Å². The first kappa shape index (κ1) is 19.6. The molecule has 1 aliphatic rings. The lowest BCUT2D eigenvalue weighted by atomic mass is 10.2. The zero-order chi connectivity index (χ0) is 20.2. The number of benzene rings is 3. The summed E-state index contributed by atoms with van der Waals surface area (Å²) in [6.45, 7) is 1.08. The molecule has 0 bridgehead atoms. The van der Waals surface area contributed by atoms with Gasteiger partial charge in [-0.15, -0.1) is 0 Å². The number of hydrogen-bond donors (Lipinski definition) is 1. The van der Waals surface area contributed by atoms with Crippen LogP contribution in [0.3, 0.4) is 0 Å². The summed E-state index contributed by atoms with van der Waals surface area (Å²) in [5.74, 6) is 2.63. The van der Waals surface area contributed by atoms with Crippen molar-refractivity contribution in [2.45, 2.75) is 13.2 Å². The summed E-state index contributed by atoms with van der Waals surface area (Å²) in [6, 6.07) is 16.9. The molecule has 0 aromatic heterocycles. The van der Waals surface area contributed by atoms with Gasteiger partial charge in [-0.2, -0.15) is 0 Å². The number of hydrogen-bond acceptors (Lipinski definition) is 5. The molecule has 0 fully saturated rings. The van der Waals surface area contributed by atoms with E-state index >= 15 is 0 Å². The largest absolute Gasteiger partial charge is 0.493 e. The van der Waals surface area contributed by atoms with E-state index in [4.69, 9.17) is 42.1 Å². The maximum absolute atomic E-state index is 6.49. The van der Waals surface area contributed by atoms with Gasteiger partial charge in [0.25, 0.3) is 0 Å². The van der Waals surface area contributed by atoms with Crippen LogP contribution >= 0.6 is 23.2 Å². The highest BCUT2D eigenvalue weighted by molar-refractivity contribution is 6.31. The Morgan fingerprint density at radius 1 is 0.897 bits per heavy atom. The Morgan fingerprint density at radius 3 is 2.55 bits per heavy atom. The Balaban J connectivity index is 1.46. The van der Waals surface area contributed by atoms with Crippen LogP contribution in [0.1, 0.15) is 11.1 Å². The van der Waals surface area contributed by atoms with Gasteiger partial charge in [-0.25, -0.2) is 0 Å². The van der Waals surface area contributed by atoms with E-state index in [0.717, 1.165) is 28.3 Å². The first-order valence-electron chi connectivity index (χ1n) is 9.00. The van der Waals surface area contributed by atoms with Gasteiger partial charge in [0.2, 0.25) is 6.79 Å². The summed E-state index contributed by atoms with van der Waals surface area (Å²) in [5, 5.41) is 4.57. The summed E-state index contributed by atoms with van der Waals surface area (Å²) in [7, 11) is 1.60. The highest BCUT2D eigenvalue weighted by atomic mass is 35.5. The van der Waals surface area contributed by atoms with Crippen molar-refractivity contribution in [3.63, 3.8) is 0 Å². The fourth-order valence-corrected chi connectivity index (χ4v) is 3.37. The van der Waals surface area contributed by atoms with Crippen molar-refractivity contribution in [3.05, 3.63) is 75.8 Å². The van der Waals surface area contributed by atoms with Crippen LogP contribution in [-0.2, 0) is 13.2 Å². The van der Waals surface area contributed by atoms with Gasteiger partial charge in [0, 0.05) is 40.0 Å². The molecule has 3 aromatic carbocycles. The van der Waals surface area contributed by atoms with Crippen LogP contribution < -0.4 is 24.3 Å². The van der Waals surface area contributed by atoms with Crippen molar-refractivity contribution in [2.75, 3.05) is 19.2 Å². The summed E-state index contributed by atoms with van der Waals surface area (Å²) >= 11 is 12.7. The second-order valence-electron chi connectivity index (χ2n) is 6.40. The van der Waals surface area contributed by atoms with E-state index in [9.17, 15) is 0 Å².